The van der Waals surface area contributed by atoms with Crippen molar-refractivity contribution in [1.82, 2.24) is 9.97 Å². The lowest BCUT2D eigenvalue weighted by Crippen LogP contribution is -2.21. The standard InChI is InChI=1S/C17H23N5O/c18-12-1-2-13(7-12)21-16-8-15-11(9-20-16)3-5-19-17(15)22-14-4-6-23-10-14/h3,5,8-9,12-14H,1-2,4,6-7,10,18H2,(H,19,22)(H,20,21)/t12-,13-,14+/m0/s1/i5D. The van der Waals surface area contributed by atoms with Gasteiger partial charge in [-0.15, -0.1) is 0 Å². The molecule has 0 spiro atoms. The Hall–Kier alpha value is -1.92. The van der Waals surface area contributed by atoms with Crippen molar-refractivity contribution in [3.8, 4) is 0 Å². The van der Waals surface area contributed by atoms with Gasteiger partial charge in [0.05, 0.1) is 14.0 Å². The minimum absolute atomic E-state index is 0.244. The van der Waals surface area contributed by atoms with Crippen molar-refractivity contribution in [2.24, 2.45) is 5.73 Å². The normalized spacial score (nSPS) is 28.0. The number of fused-ring (bicyclic) bond motifs is 1. The van der Waals surface area contributed by atoms with Crippen LogP contribution in [0.2, 0.25) is 0 Å². The molecule has 3 heterocycles. The van der Waals surface area contributed by atoms with Crippen LogP contribution in [0, 0.1) is 0 Å². The highest BCUT2D eigenvalue weighted by Crippen LogP contribution is 2.26. The SMILES string of the molecule is [2H]c1cc2cnc(N[C@H]3CC[C@H](N)C3)cc2c(N[C@@H]2CCOC2)n1. The summed E-state index contributed by atoms with van der Waals surface area (Å²) < 4.78 is 13.3. The molecule has 2 aromatic rings. The number of rotatable bonds is 4. The van der Waals surface area contributed by atoms with Crippen LogP contribution in [0.4, 0.5) is 11.6 Å². The summed E-state index contributed by atoms with van der Waals surface area (Å²) in [4.78, 5) is 8.87. The van der Waals surface area contributed by atoms with E-state index in [2.05, 4.69) is 20.6 Å². The first-order valence-electron chi connectivity index (χ1n) is 8.81. The monoisotopic (exact) mass is 314 g/mol. The lowest BCUT2D eigenvalue weighted by atomic mass is 10.1. The van der Waals surface area contributed by atoms with Crippen molar-refractivity contribution in [2.75, 3.05) is 23.8 Å². The van der Waals surface area contributed by atoms with Gasteiger partial charge in [-0.25, -0.2) is 9.97 Å². The number of anilines is 2. The second-order valence-corrected chi connectivity index (χ2v) is 6.51. The summed E-state index contributed by atoms with van der Waals surface area (Å²) in [5, 5.41) is 8.81. The number of hydrogen-bond donors (Lipinski definition) is 3. The molecule has 1 aliphatic heterocycles. The maximum absolute atomic E-state index is 7.91. The third-order valence-corrected chi connectivity index (χ3v) is 4.68. The van der Waals surface area contributed by atoms with E-state index in [4.69, 9.17) is 11.8 Å². The molecule has 2 aromatic heterocycles. The Labute approximate surface area is 137 Å². The minimum atomic E-state index is 0.244. The molecule has 4 rings (SSSR count). The van der Waals surface area contributed by atoms with Gasteiger partial charge in [-0.05, 0) is 37.8 Å². The van der Waals surface area contributed by atoms with E-state index in [1.54, 1.807) is 6.07 Å². The van der Waals surface area contributed by atoms with Crippen molar-refractivity contribution in [1.29, 1.82) is 0 Å². The molecule has 2 aliphatic rings. The van der Waals surface area contributed by atoms with Gasteiger partial charge in [-0.3, -0.25) is 0 Å². The van der Waals surface area contributed by atoms with Gasteiger partial charge in [0.2, 0.25) is 0 Å². The van der Waals surface area contributed by atoms with Gasteiger partial charge in [0.25, 0.3) is 0 Å². The van der Waals surface area contributed by atoms with Crippen molar-refractivity contribution in [2.45, 2.75) is 43.8 Å². The third-order valence-electron chi connectivity index (χ3n) is 4.68. The van der Waals surface area contributed by atoms with Crippen molar-refractivity contribution >= 4 is 22.4 Å². The van der Waals surface area contributed by atoms with Crippen molar-refractivity contribution in [3.05, 3.63) is 24.5 Å². The average molecular weight is 314 g/mol. The Bertz CT molecular complexity index is 734. The van der Waals surface area contributed by atoms with Gasteiger partial charge >= 0.3 is 0 Å². The number of nitrogens with one attached hydrogen (secondary N) is 2. The summed E-state index contributed by atoms with van der Waals surface area (Å²) in [5.41, 5.74) is 5.99. The topological polar surface area (TPSA) is 85.1 Å². The van der Waals surface area contributed by atoms with E-state index >= 15 is 0 Å². The lowest BCUT2D eigenvalue weighted by Gasteiger charge is -2.16. The maximum Gasteiger partial charge on any atom is 0.134 e. The van der Waals surface area contributed by atoms with Crippen LogP contribution in [0.15, 0.2) is 24.5 Å². The largest absolute Gasteiger partial charge is 0.379 e. The van der Waals surface area contributed by atoms with Gasteiger partial charge in [0.1, 0.15) is 11.6 Å². The number of pyridine rings is 2. The molecular formula is C17H23N5O. The van der Waals surface area contributed by atoms with Gasteiger partial charge in [-0.1, -0.05) is 0 Å². The fraction of sp³-hybridized carbons (Fsp3) is 0.529. The lowest BCUT2D eigenvalue weighted by molar-refractivity contribution is 0.195. The first-order valence-corrected chi connectivity index (χ1v) is 8.31. The molecule has 2 fully saturated rings. The smallest absolute Gasteiger partial charge is 0.134 e. The van der Waals surface area contributed by atoms with E-state index in [0.29, 0.717) is 12.6 Å². The Morgan fingerprint density at radius 2 is 2.17 bits per heavy atom. The zero-order valence-electron chi connectivity index (χ0n) is 14.1. The zero-order chi connectivity index (χ0) is 16.5. The van der Waals surface area contributed by atoms with Gasteiger partial charge < -0.3 is 21.1 Å². The van der Waals surface area contributed by atoms with E-state index in [1.165, 1.54) is 0 Å². The zero-order valence-corrected chi connectivity index (χ0v) is 13.1. The van der Waals surface area contributed by atoms with Crippen LogP contribution >= 0.6 is 0 Å². The Balaban J connectivity index is 1.62. The van der Waals surface area contributed by atoms with Crippen molar-refractivity contribution in [3.63, 3.8) is 0 Å². The number of ether oxygens (including phenoxy) is 1. The first-order chi connectivity index (χ1) is 11.7. The number of nitrogens with zero attached hydrogens (tertiary/aromatic N) is 2. The van der Waals surface area contributed by atoms with Crippen LogP contribution in [0.25, 0.3) is 10.8 Å². The molecule has 0 unspecified atom stereocenters. The highest BCUT2D eigenvalue weighted by atomic mass is 16.5. The molecule has 6 heteroatoms. The fourth-order valence-electron chi connectivity index (χ4n) is 3.40. The van der Waals surface area contributed by atoms with E-state index in [0.717, 1.165) is 54.7 Å². The van der Waals surface area contributed by atoms with Crippen LogP contribution in [0.5, 0.6) is 0 Å². The van der Waals surface area contributed by atoms with Gasteiger partial charge in [0.15, 0.2) is 0 Å². The van der Waals surface area contributed by atoms with Gasteiger partial charge in [0, 0.05) is 41.8 Å². The van der Waals surface area contributed by atoms with Crippen LogP contribution in [0.3, 0.4) is 0 Å². The number of nitrogens with two attached hydrogens (primary N) is 1. The second kappa shape index (κ2) is 6.29. The Morgan fingerprint density at radius 1 is 1.22 bits per heavy atom. The fourth-order valence-corrected chi connectivity index (χ4v) is 3.40. The molecular weight excluding hydrogens is 290 g/mol. The van der Waals surface area contributed by atoms with Gasteiger partial charge in [-0.2, -0.15) is 0 Å². The van der Waals surface area contributed by atoms with E-state index in [9.17, 15) is 0 Å². The summed E-state index contributed by atoms with van der Waals surface area (Å²) in [7, 11) is 0. The Kier molecular flexibility index (Phi) is 3.70. The molecule has 0 bridgehead atoms. The third kappa shape index (κ3) is 3.23. The van der Waals surface area contributed by atoms with Crippen molar-refractivity contribution < 1.29 is 6.11 Å². The molecule has 23 heavy (non-hydrogen) atoms. The van der Waals surface area contributed by atoms with Crippen LogP contribution in [-0.2, 0) is 4.74 Å². The van der Waals surface area contributed by atoms with Crippen LogP contribution < -0.4 is 16.4 Å². The summed E-state index contributed by atoms with van der Waals surface area (Å²) in [6.07, 6.45) is 6.13. The average Bonchev–Trinajstić information content (AvgIpc) is 3.20. The summed E-state index contributed by atoms with van der Waals surface area (Å²) in [5.74, 6) is 1.58. The maximum atomic E-state index is 7.91. The molecule has 0 radical (unpaired) electrons. The minimum Gasteiger partial charge on any atom is -0.379 e. The molecule has 122 valence electrons. The Morgan fingerprint density at radius 3 is 2.96 bits per heavy atom. The number of aromatic nitrogens is 2. The first kappa shape index (κ1) is 13.5. The molecule has 0 aromatic carbocycles. The molecule has 3 atom stereocenters. The molecule has 4 N–H and O–H groups in total. The number of hydrogen-bond acceptors (Lipinski definition) is 6. The van der Waals surface area contributed by atoms with E-state index in [1.807, 2.05) is 12.3 Å². The summed E-state index contributed by atoms with van der Waals surface area (Å²) in [6.45, 7) is 1.45. The highest BCUT2D eigenvalue weighted by Gasteiger charge is 2.22. The quantitative estimate of drug-likeness (QED) is 0.801. The molecule has 1 aliphatic carbocycles. The van der Waals surface area contributed by atoms with E-state index in [-0.39, 0.29) is 18.3 Å². The molecule has 0 amide bonds. The van der Waals surface area contributed by atoms with Crippen LogP contribution in [0.1, 0.15) is 27.1 Å². The summed E-state index contributed by atoms with van der Waals surface area (Å²) in [6, 6.07) is 4.68. The molecule has 1 saturated carbocycles. The summed E-state index contributed by atoms with van der Waals surface area (Å²) >= 11 is 0. The molecule has 6 nitrogen and oxygen atoms in total. The predicted molar refractivity (Wildman–Crippen MR) is 91.6 cm³/mol. The highest BCUT2D eigenvalue weighted by molar-refractivity contribution is 5.92. The predicted octanol–water partition coefficient (Wildman–Crippen LogP) is 2.12. The second-order valence-electron chi connectivity index (χ2n) is 6.51. The van der Waals surface area contributed by atoms with E-state index < -0.39 is 0 Å². The molecule has 1 saturated heterocycles. The van der Waals surface area contributed by atoms with Crippen LogP contribution in [-0.4, -0.2) is 41.3 Å².